The summed E-state index contributed by atoms with van der Waals surface area (Å²) in [4.78, 5) is 27.9. The molecule has 32 heavy (non-hydrogen) atoms. The van der Waals surface area contributed by atoms with E-state index < -0.39 is 0 Å². The van der Waals surface area contributed by atoms with Gasteiger partial charge in [0.2, 0.25) is 0 Å². The number of hydrogen-bond donors (Lipinski definition) is 0. The molecule has 3 aromatic rings. The molecule has 0 radical (unpaired) electrons. The van der Waals surface area contributed by atoms with Gasteiger partial charge in [0.25, 0.3) is 11.5 Å². The van der Waals surface area contributed by atoms with Crippen LogP contribution >= 0.6 is 0 Å². The lowest BCUT2D eigenvalue weighted by atomic mass is 9.80. The van der Waals surface area contributed by atoms with Crippen molar-refractivity contribution in [3.05, 3.63) is 87.8 Å². The average molecular weight is 425 g/mol. The zero-order valence-electron chi connectivity index (χ0n) is 17.8. The van der Waals surface area contributed by atoms with Gasteiger partial charge in [0.1, 0.15) is 5.75 Å². The number of methoxy groups -OCH3 is 1. The molecule has 6 nitrogen and oxygen atoms in total. The minimum absolute atomic E-state index is 0.00195. The highest BCUT2D eigenvalue weighted by molar-refractivity contribution is 5.94. The number of fused-ring (bicyclic) bond motifs is 4. The predicted octanol–water partition coefficient (Wildman–Crippen LogP) is 3.66. The van der Waals surface area contributed by atoms with Crippen LogP contribution in [-0.4, -0.2) is 35.6 Å². The third kappa shape index (κ3) is 3.46. The van der Waals surface area contributed by atoms with E-state index in [2.05, 4.69) is 6.07 Å². The summed E-state index contributed by atoms with van der Waals surface area (Å²) >= 11 is 0. The Bertz CT molecular complexity index is 1290. The normalized spacial score (nSPS) is 19.1. The molecule has 1 amide bonds. The third-order valence-corrected chi connectivity index (χ3v) is 6.52. The summed E-state index contributed by atoms with van der Waals surface area (Å²) in [6.45, 7) is 1.81. The van der Waals surface area contributed by atoms with E-state index in [1.54, 1.807) is 43.5 Å². The van der Waals surface area contributed by atoms with E-state index in [9.17, 15) is 14.9 Å². The standard InChI is InChI=1S/C26H23N3O3/c1-32-22-7-5-19(6-8-22)26(31)28-14-18-12-21(16-28)25-23(9-10-24(30)29(25)15-18)20-4-2-3-17(11-20)13-27/h2-11,18,21H,12,14-16H2,1H3. The Balaban J connectivity index is 1.51. The van der Waals surface area contributed by atoms with E-state index in [0.717, 1.165) is 29.0 Å². The number of rotatable bonds is 3. The van der Waals surface area contributed by atoms with Crippen LogP contribution in [0.4, 0.5) is 0 Å². The first-order valence-corrected chi connectivity index (χ1v) is 10.7. The molecule has 2 bridgehead atoms. The SMILES string of the molecule is COc1ccc(C(=O)N2CC3CC(C2)c2c(-c4cccc(C#N)c4)ccc(=O)n2C3)cc1. The zero-order chi connectivity index (χ0) is 22.2. The first-order chi connectivity index (χ1) is 15.6. The van der Waals surface area contributed by atoms with Gasteiger partial charge < -0.3 is 14.2 Å². The Labute approximate surface area is 186 Å². The lowest BCUT2D eigenvalue weighted by molar-refractivity contribution is 0.0595. The number of benzene rings is 2. The number of carbonyl (C=O) groups is 1. The van der Waals surface area contributed by atoms with Gasteiger partial charge in [-0.15, -0.1) is 0 Å². The van der Waals surface area contributed by atoms with E-state index in [1.807, 2.05) is 33.7 Å². The van der Waals surface area contributed by atoms with E-state index in [0.29, 0.717) is 30.8 Å². The van der Waals surface area contributed by atoms with Crippen molar-refractivity contribution < 1.29 is 9.53 Å². The molecule has 160 valence electrons. The molecular formula is C26H23N3O3. The number of carbonyl (C=O) groups excluding carboxylic acids is 1. The quantitative estimate of drug-likeness (QED) is 0.642. The smallest absolute Gasteiger partial charge is 0.253 e. The van der Waals surface area contributed by atoms with Gasteiger partial charge in [-0.2, -0.15) is 5.26 Å². The number of ether oxygens (including phenoxy) is 1. The summed E-state index contributed by atoms with van der Waals surface area (Å²) in [5, 5.41) is 9.31. The molecule has 5 rings (SSSR count). The Morgan fingerprint density at radius 1 is 1.06 bits per heavy atom. The molecule has 0 spiro atoms. The van der Waals surface area contributed by atoms with E-state index in [-0.39, 0.29) is 23.3 Å². The molecule has 2 unspecified atom stereocenters. The maximum Gasteiger partial charge on any atom is 0.253 e. The number of pyridine rings is 1. The molecule has 2 aromatic carbocycles. The average Bonchev–Trinajstić information content (AvgIpc) is 2.84. The van der Waals surface area contributed by atoms with Crippen LogP contribution in [-0.2, 0) is 6.54 Å². The maximum absolute atomic E-state index is 13.2. The van der Waals surface area contributed by atoms with Gasteiger partial charge in [-0.3, -0.25) is 9.59 Å². The van der Waals surface area contributed by atoms with Gasteiger partial charge in [0.05, 0.1) is 18.7 Å². The number of nitriles is 1. The van der Waals surface area contributed by atoms with Crippen molar-refractivity contribution in [3.8, 4) is 22.9 Å². The van der Waals surface area contributed by atoms with Crippen LogP contribution in [0, 0.1) is 17.2 Å². The van der Waals surface area contributed by atoms with Crippen molar-refractivity contribution in [1.82, 2.24) is 9.47 Å². The van der Waals surface area contributed by atoms with Crippen molar-refractivity contribution in [2.75, 3.05) is 20.2 Å². The summed E-state index contributed by atoms with van der Waals surface area (Å²) in [6.07, 6.45) is 0.945. The topological polar surface area (TPSA) is 75.3 Å². The fourth-order valence-electron chi connectivity index (χ4n) is 5.10. The lowest BCUT2D eigenvalue weighted by Crippen LogP contribution is -2.49. The Kier molecular flexibility index (Phi) is 5.02. The fraction of sp³-hybridized carbons (Fsp3) is 0.269. The highest BCUT2D eigenvalue weighted by Crippen LogP contribution is 2.40. The summed E-state index contributed by atoms with van der Waals surface area (Å²) in [6, 6.07) is 20.3. The largest absolute Gasteiger partial charge is 0.497 e. The van der Waals surface area contributed by atoms with Crippen molar-refractivity contribution in [1.29, 1.82) is 5.26 Å². The van der Waals surface area contributed by atoms with Crippen LogP contribution in [0.15, 0.2) is 65.5 Å². The van der Waals surface area contributed by atoms with E-state index in [1.165, 1.54) is 0 Å². The summed E-state index contributed by atoms with van der Waals surface area (Å²) < 4.78 is 7.08. The summed E-state index contributed by atoms with van der Waals surface area (Å²) in [7, 11) is 1.60. The Morgan fingerprint density at radius 3 is 2.62 bits per heavy atom. The van der Waals surface area contributed by atoms with Crippen molar-refractivity contribution in [2.45, 2.75) is 18.9 Å². The van der Waals surface area contributed by atoms with Gasteiger partial charge in [-0.25, -0.2) is 0 Å². The van der Waals surface area contributed by atoms with Crippen LogP contribution in [0.3, 0.4) is 0 Å². The molecule has 2 aliphatic rings. The second-order valence-corrected chi connectivity index (χ2v) is 8.51. The molecule has 2 atom stereocenters. The molecule has 0 N–H and O–H groups in total. The minimum Gasteiger partial charge on any atom is -0.497 e. The number of aromatic nitrogens is 1. The van der Waals surface area contributed by atoms with Crippen LogP contribution in [0.5, 0.6) is 5.75 Å². The van der Waals surface area contributed by atoms with Crippen molar-refractivity contribution >= 4 is 5.91 Å². The van der Waals surface area contributed by atoms with E-state index in [4.69, 9.17) is 4.74 Å². The molecule has 6 heteroatoms. The monoisotopic (exact) mass is 425 g/mol. The highest BCUT2D eigenvalue weighted by atomic mass is 16.5. The maximum atomic E-state index is 13.2. The number of nitrogens with zero attached hydrogens (tertiary/aromatic N) is 3. The second-order valence-electron chi connectivity index (χ2n) is 8.51. The van der Waals surface area contributed by atoms with Gasteiger partial charge in [-0.05, 0) is 60.4 Å². The molecule has 1 fully saturated rings. The summed E-state index contributed by atoms with van der Waals surface area (Å²) in [5.41, 5.74) is 4.06. The molecule has 3 heterocycles. The molecular weight excluding hydrogens is 402 g/mol. The van der Waals surface area contributed by atoms with Gasteiger partial charge in [0.15, 0.2) is 0 Å². The van der Waals surface area contributed by atoms with Crippen LogP contribution in [0.25, 0.3) is 11.1 Å². The van der Waals surface area contributed by atoms with Crippen LogP contribution in [0.1, 0.15) is 34.0 Å². The predicted molar refractivity (Wildman–Crippen MR) is 121 cm³/mol. The highest BCUT2D eigenvalue weighted by Gasteiger charge is 2.38. The van der Waals surface area contributed by atoms with Crippen molar-refractivity contribution in [3.63, 3.8) is 0 Å². The first-order valence-electron chi connectivity index (χ1n) is 10.7. The Morgan fingerprint density at radius 2 is 1.88 bits per heavy atom. The molecule has 0 aliphatic carbocycles. The van der Waals surface area contributed by atoms with Gasteiger partial charge in [0, 0.05) is 48.4 Å². The number of amides is 1. The second kappa shape index (κ2) is 8.01. The fourth-order valence-corrected chi connectivity index (χ4v) is 5.10. The number of hydrogen-bond acceptors (Lipinski definition) is 4. The molecule has 1 aromatic heterocycles. The molecule has 2 aliphatic heterocycles. The van der Waals surface area contributed by atoms with Crippen LogP contribution in [0.2, 0.25) is 0 Å². The van der Waals surface area contributed by atoms with E-state index >= 15 is 0 Å². The number of piperidine rings is 1. The van der Waals surface area contributed by atoms with Crippen LogP contribution < -0.4 is 10.3 Å². The third-order valence-electron chi connectivity index (χ3n) is 6.52. The minimum atomic E-state index is -0.00943. The van der Waals surface area contributed by atoms with Gasteiger partial charge >= 0.3 is 0 Å². The lowest BCUT2D eigenvalue weighted by Gasteiger charge is -2.43. The zero-order valence-corrected chi connectivity index (χ0v) is 17.8. The van der Waals surface area contributed by atoms with Crippen molar-refractivity contribution in [2.24, 2.45) is 5.92 Å². The summed E-state index contributed by atoms with van der Waals surface area (Å²) in [5.74, 6) is 1.03. The molecule has 0 saturated carbocycles. The number of likely N-dealkylation sites (tertiary alicyclic amines) is 1. The van der Waals surface area contributed by atoms with Gasteiger partial charge in [-0.1, -0.05) is 12.1 Å². The first kappa shape index (κ1) is 20.1. The Hall–Kier alpha value is -3.85. The molecule has 1 saturated heterocycles.